The van der Waals surface area contributed by atoms with Crippen LogP contribution in [0, 0.1) is 0 Å². The van der Waals surface area contributed by atoms with E-state index in [0.717, 1.165) is 30.4 Å². The minimum absolute atomic E-state index is 0.356. The summed E-state index contributed by atoms with van der Waals surface area (Å²) in [5.41, 5.74) is 3.14. The predicted molar refractivity (Wildman–Crippen MR) is 133 cm³/mol. The van der Waals surface area contributed by atoms with Crippen molar-refractivity contribution in [2.24, 2.45) is 0 Å². The van der Waals surface area contributed by atoms with Gasteiger partial charge in [0.05, 0.1) is 7.11 Å². The smallest absolute Gasteiger partial charge is 0.342 e. The number of esters is 1. The molecule has 0 saturated heterocycles. The highest BCUT2D eigenvalue weighted by Crippen LogP contribution is 2.34. The van der Waals surface area contributed by atoms with Crippen molar-refractivity contribution in [2.75, 3.05) is 7.11 Å². The third kappa shape index (κ3) is 7.25. The second kappa shape index (κ2) is 13.1. The number of carbonyl (C=O) groups excluding carboxylic acids is 1. The van der Waals surface area contributed by atoms with Crippen LogP contribution in [0.2, 0.25) is 0 Å². The molecule has 0 saturated carbocycles. The topological polar surface area (TPSA) is 44.8 Å². The van der Waals surface area contributed by atoms with Crippen molar-refractivity contribution in [3.63, 3.8) is 0 Å². The fourth-order valence-electron chi connectivity index (χ4n) is 3.49. The summed E-state index contributed by atoms with van der Waals surface area (Å²) < 4.78 is 17.3. The van der Waals surface area contributed by atoms with Crippen LogP contribution in [0.1, 0.15) is 59.7 Å². The van der Waals surface area contributed by atoms with Gasteiger partial charge in [-0.2, -0.15) is 0 Å². The molecule has 0 N–H and O–H groups in total. The van der Waals surface area contributed by atoms with Gasteiger partial charge >= 0.3 is 5.97 Å². The van der Waals surface area contributed by atoms with Crippen LogP contribution in [0.5, 0.6) is 11.5 Å². The van der Waals surface area contributed by atoms with Gasteiger partial charge in [0, 0.05) is 5.56 Å². The Morgan fingerprint density at radius 3 is 1.94 bits per heavy atom. The molecule has 0 spiro atoms. The fraction of sp³-hybridized carbons (Fsp3) is 0.276. The average Bonchev–Trinajstić information content (AvgIpc) is 2.87. The van der Waals surface area contributed by atoms with E-state index in [2.05, 4.69) is 13.0 Å². The highest BCUT2D eigenvalue weighted by molar-refractivity contribution is 5.97. The molecule has 4 nitrogen and oxygen atoms in total. The number of hydrogen-bond acceptors (Lipinski definition) is 4. The summed E-state index contributed by atoms with van der Waals surface area (Å²) in [6.07, 6.45) is 8.42. The maximum Gasteiger partial charge on any atom is 0.342 e. The van der Waals surface area contributed by atoms with E-state index in [0.29, 0.717) is 35.8 Å². The van der Waals surface area contributed by atoms with Crippen molar-refractivity contribution >= 4 is 12.0 Å². The Kier molecular flexibility index (Phi) is 9.59. The molecule has 4 heteroatoms. The molecule has 0 heterocycles. The Bertz CT molecular complexity index is 1030. The molecule has 172 valence electrons. The Balaban J connectivity index is 1.92. The third-order valence-electron chi connectivity index (χ3n) is 5.29. The Morgan fingerprint density at radius 1 is 0.788 bits per heavy atom. The monoisotopic (exact) mass is 444 g/mol. The fourth-order valence-corrected chi connectivity index (χ4v) is 3.49. The number of benzene rings is 3. The van der Waals surface area contributed by atoms with Crippen LogP contribution < -0.4 is 9.47 Å². The molecule has 0 bridgehead atoms. The molecule has 0 fully saturated rings. The zero-order valence-electron chi connectivity index (χ0n) is 19.5. The van der Waals surface area contributed by atoms with E-state index in [-0.39, 0.29) is 0 Å². The normalized spacial score (nSPS) is 10.8. The first-order valence-corrected chi connectivity index (χ1v) is 11.5. The molecule has 0 aliphatic carbocycles. The second-order valence-electron chi connectivity index (χ2n) is 7.79. The summed E-state index contributed by atoms with van der Waals surface area (Å²) in [4.78, 5) is 12.8. The lowest BCUT2D eigenvalue weighted by Crippen LogP contribution is -2.10. The molecule has 3 aromatic rings. The summed E-state index contributed by atoms with van der Waals surface area (Å²) in [6.45, 7) is 2.94. The van der Waals surface area contributed by atoms with Crippen LogP contribution in [-0.2, 0) is 18.0 Å². The molecule has 0 aliphatic rings. The number of methoxy groups -OCH3 is 1. The van der Waals surface area contributed by atoms with Gasteiger partial charge in [0.15, 0.2) is 0 Å². The first-order valence-electron chi connectivity index (χ1n) is 11.5. The Labute approximate surface area is 196 Å². The summed E-state index contributed by atoms with van der Waals surface area (Å²) in [6, 6.07) is 23.5. The van der Waals surface area contributed by atoms with E-state index in [1.165, 1.54) is 13.5 Å². The van der Waals surface area contributed by atoms with E-state index >= 15 is 0 Å². The average molecular weight is 445 g/mol. The lowest BCUT2D eigenvalue weighted by molar-refractivity contribution is 0.0594. The summed E-state index contributed by atoms with van der Waals surface area (Å²) in [7, 11) is 1.38. The van der Waals surface area contributed by atoms with Crippen molar-refractivity contribution in [1.82, 2.24) is 0 Å². The Morgan fingerprint density at radius 2 is 1.36 bits per heavy atom. The standard InChI is InChI=1S/C29H32O4/c1-3-4-5-6-13-18-25-26(32-21-23-14-9-7-10-15-23)19-20-27(28(25)29(30)31-2)33-22-24-16-11-8-12-17-24/h7-20H,3-6,21-22H2,1-2H3/b18-13+. The first kappa shape index (κ1) is 24.1. The molecular formula is C29H32O4. The van der Waals surface area contributed by atoms with Crippen LogP contribution in [0.3, 0.4) is 0 Å². The van der Waals surface area contributed by atoms with Crippen LogP contribution in [-0.4, -0.2) is 13.1 Å². The minimum Gasteiger partial charge on any atom is -0.488 e. The molecule has 3 rings (SSSR count). The molecule has 0 unspecified atom stereocenters. The first-order chi connectivity index (χ1) is 16.2. The van der Waals surface area contributed by atoms with Gasteiger partial charge in [0.25, 0.3) is 0 Å². The number of carbonyl (C=O) groups is 1. The van der Waals surface area contributed by atoms with Crippen molar-refractivity contribution in [2.45, 2.75) is 45.8 Å². The zero-order valence-corrected chi connectivity index (χ0v) is 19.5. The number of hydrogen-bond donors (Lipinski definition) is 0. The molecule has 0 atom stereocenters. The van der Waals surface area contributed by atoms with Gasteiger partial charge in [0.2, 0.25) is 0 Å². The zero-order chi connectivity index (χ0) is 23.3. The highest BCUT2D eigenvalue weighted by Gasteiger charge is 2.21. The summed E-state index contributed by atoms with van der Waals surface area (Å²) in [5, 5.41) is 0. The van der Waals surface area contributed by atoms with Gasteiger partial charge in [0.1, 0.15) is 30.3 Å². The largest absolute Gasteiger partial charge is 0.488 e. The maximum absolute atomic E-state index is 12.8. The summed E-state index contributed by atoms with van der Waals surface area (Å²) in [5.74, 6) is 0.653. The van der Waals surface area contributed by atoms with Crippen molar-refractivity contribution in [3.8, 4) is 11.5 Å². The van der Waals surface area contributed by atoms with Crippen LogP contribution >= 0.6 is 0 Å². The molecule has 0 amide bonds. The van der Waals surface area contributed by atoms with Crippen molar-refractivity contribution < 1.29 is 19.0 Å². The van der Waals surface area contributed by atoms with Gasteiger partial charge in [-0.3, -0.25) is 0 Å². The van der Waals surface area contributed by atoms with Gasteiger partial charge in [-0.15, -0.1) is 0 Å². The molecule has 0 aromatic heterocycles. The van der Waals surface area contributed by atoms with Gasteiger partial charge < -0.3 is 14.2 Å². The van der Waals surface area contributed by atoms with E-state index in [1.807, 2.05) is 72.8 Å². The Hall–Kier alpha value is -3.53. The van der Waals surface area contributed by atoms with Gasteiger partial charge in [-0.05, 0) is 36.1 Å². The second-order valence-corrected chi connectivity index (χ2v) is 7.79. The van der Waals surface area contributed by atoms with Crippen LogP contribution in [0.25, 0.3) is 6.08 Å². The van der Waals surface area contributed by atoms with E-state index in [4.69, 9.17) is 14.2 Å². The van der Waals surface area contributed by atoms with Crippen molar-refractivity contribution in [1.29, 1.82) is 0 Å². The molecule has 0 aliphatic heterocycles. The molecular weight excluding hydrogens is 412 g/mol. The van der Waals surface area contributed by atoms with E-state index in [1.54, 1.807) is 6.07 Å². The predicted octanol–water partition coefficient (Wildman–Crippen LogP) is 7.22. The SMILES string of the molecule is CCCCC/C=C/c1c(OCc2ccccc2)ccc(OCc2ccccc2)c1C(=O)OC. The van der Waals surface area contributed by atoms with Gasteiger partial charge in [-0.25, -0.2) is 4.79 Å². The molecule has 0 radical (unpaired) electrons. The number of rotatable bonds is 12. The number of allylic oxidation sites excluding steroid dienone is 1. The lowest BCUT2D eigenvalue weighted by Gasteiger charge is -2.17. The van der Waals surface area contributed by atoms with Gasteiger partial charge in [-0.1, -0.05) is 92.6 Å². The lowest BCUT2D eigenvalue weighted by atomic mass is 10.0. The third-order valence-corrected chi connectivity index (χ3v) is 5.29. The number of unbranched alkanes of at least 4 members (excludes halogenated alkanes) is 3. The van der Waals surface area contributed by atoms with Crippen molar-refractivity contribution in [3.05, 3.63) is 101 Å². The molecule has 33 heavy (non-hydrogen) atoms. The number of ether oxygens (including phenoxy) is 3. The van der Waals surface area contributed by atoms with E-state index in [9.17, 15) is 4.79 Å². The highest BCUT2D eigenvalue weighted by atomic mass is 16.5. The van der Waals surface area contributed by atoms with Crippen LogP contribution in [0.4, 0.5) is 0 Å². The minimum atomic E-state index is -0.448. The quantitative estimate of drug-likeness (QED) is 0.218. The van der Waals surface area contributed by atoms with E-state index < -0.39 is 5.97 Å². The summed E-state index contributed by atoms with van der Waals surface area (Å²) >= 11 is 0. The molecule has 3 aromatic carbocycles. The van der Waals surface area contributed by atoms with Crippen LogP contribution in [0.15, 0.2) is 78.9 Å². The maximum atomic E-state index is 12.8.